The maximum absolute atomic E-state index is 11.9. The van der Waals surface area contributed by atoms with E-state index in [1.165, 1.54) is 0 Å². The Hall–Kier alpha value is -2.11. The molecule has 0 atom stereocenters. The van der Waals surface area contributed by atoms with Gasteiger partial charge in [0, 0.05) is 11.6 Å². The molecule has 0 saturated carbocycles. The summed E-state index contributed by atoms with van der Waals surface area (Å²) >= 11 is 11.8. The van der Waals surface area contributed by atoms with E-state index in [0.29, 0.717) is 41.3 Å². The van der Waals surface area contributed by atoms with Crippen molar-refractivity contribution in [1.29, 1.82) is 0 Å². The van der Waals surface area contributed by atoms with E-state index in [1.54, 1.807) is 18.2 Å². The van der Waals surface area contributed by atoms with Gasteiger partial charge < -0.3 is 19.5 Å². The van der Waals surface area contributed by atoms with Gasteiger partial charge in [-0.2, -0.15) is 0 Å². The van der Waals surface area contributed by atoms with Crippen molar-refractivity contribution >= 4 is 29.1 Å². The van der Waals surface area contributed by atoms with Gasteiger partial charge in [-0.15, -0.1) is 0 Å². The third kappa shape index (κ3) is 4.24. The van der Waals surface area contributed by atoms with Crippen LogP contribution in [-0.4, -0.2) is 25.7 Å². The van der Waals surface area contributed by atoms with E-state index < -0.39 is 0 Å². The third-order valence-electron chi connectivity index (χ3n) is 3.35. The molecule has 0 spiro atoms. The number of rotatable bonds is 5. The third-order valence-corrected chi connectivity index (χ3v) is 3.88. The molecule has 2 aromatic rings. The number of ether oxygens (including phenoxy) is 3. The summed E-state index contributed by atoms with van der Waals surface area (Å²) in [6, 6.07) is 10.4. The fourth-order valence-electron chi connectivity index (χ4n) is 2.18. The molecule has 1 aliphatic heterocycles. The fourth-order valence-corrected chi connectivity index (χ4v) is 2.65. The Kier molecular flexibility index (Phi) is 5.33. The number of nitrogens with one attached hydrogen (secondary N) is 1. The van der Waals surface area contributed by atoms with Gasteiger partial charge in [-0.05, 0) is 35.9 Å². The number of fused-ring (bicyclic) bond motifs is 1. The largest absolute Gasteiger partial charge is 0.486 e. The molecular formula is C17H15Cl2NO4. The highest BCUT2D eigenvalue weighted by Gasteiger charge is 2.12. The first kappa shape index (κ1) is 16.7. The van der Waals surface area contributed by atoms with Gasteiger partial charge in [0.2, 0.25) is 0 Å². The number of carbonyl (C=O) groups is 1. The molecule has 126 valence electrons. The monoisotopic (exact) mass is 367 g/mol. The van der Waals surface area contributed by atoms with E-state index in [1.807, 2.05) is 18.2 Å². The zero-order valence-electron chi connectivity index (χ0n) is 12.7. The Labute approximate surface area is 149 Å². The minimum absolute atomic E-state index is 0.133. The number of amides is 1. The van der Waals surface area contributed by atoms with Crippen molar-refractivity contribution in [3.8, 4) is 17.2 Å². The SMILES string of the molecule is O=C(COc1ccc(Cl)cc1Cl)NCc1ccc2c(c1)OCCO2. The molecule has 7 heteroatoms. The molecule has 1 heterocycles. The Bertz CT molecular complexity index is 751. The van der Waals surface area contributed by atoms with Gasteiger partial charge in [-0.25, -0.2) is 0 Å². The summed E-state index contributed by atoms with van der Waals surface area (Å²) in [6.45, 7) is 1.31. The van der Waals surface area contributed by atoms with Crippen molar-refractivity contribution in [2.45, 2.75) is 6.54 Å². The van der Waals surface area contributed by atoms with Crippen LogP contribution in [0.25, 0.3) is 0 Å². The maximum atomic E-state index is 11.9. The van der Waals surface area contributed by atoms with Crippen LogP contribution in [0.2, 0.25) is 10.0 Å². The van der Waals surface area contributed by atoms with E-state index in [-0.39, 0.29) is 12.5 Å². The Morgan fingerprint density at radius 2 is 1.88 bits per heavy atom. The number of halogens is 2. The summed E-state index contributed by atoms with van der Waals surface area (Å²) in [7, 11) is 0. The Morgan fingerprint density at radius 3 is 2.67 bits per heavy atom. The molecule has 1 aliphatic rings. The van der Waals surface area contributed by atoms with Crippen molar-refractivity contribution < 1.29 is 19.0 Å². The van der Waals surface area contributed by atoms with Crippen molar-refractivity contribution in [2.24, 2.45) is 0 Å². The molecular weight excluding hydrogens is 353 g/mol. The lowest BCUT2D eigenvalue weighted by Crippen LogP contribution is -2.28. The normalized spacial score (nSPS) is 12.6. The van der Waals surface area contributed by atoms with Crippen LogP contribution >= 0.6 is 23.2 Å². The van der Waals surface area contributed by atoms with Gasteiger partial charge in [0.25, 0.3) is 5.91 Å². The summed E-state index contributed by atoms with van der Waals surface area (Å²) in [5, 5.41) is 3.65. The maximum Gasteiger partial charge on any atom is 0.258 e. The van der Waals surface area contributed by atoms with Crippen LogP contribution in [0.3, 0.4) is 0 Å². The quantitative estimate of drug-likeness (QED) is 0.878. The molecule has 0 aliphatic carbocycles. The average Bonchev–Trinajstić information content (AvgIpc) is 2.59. The molecule has 0 radical (unpaired) electrons. The molecule has 1 amide bonds. The Balaban J connectivity index is 1.50. The smallest absolute Gasteiger partial charge is 0.258 e. The second-order valence-corrected chi connectivity index (χ2v) is 5.96. The fraction of sp³-hybridized carbons (Fsp3) is 0.235. The molecule has 2 aromatic carbocycles. The molecule has 0 fully saturated rings. The summed E-state index contributed by atoms with van der Waals surface area (Å²) in [5.74, 6) is 1.57. The first-order valence-electron chi connectivity index (χ1n) is 7.35. The van der Waals surface area contributed by atoms with E-state index in [0.717, 1.165) is 11.3 Å². The van der Waals surface area contributed by atoms with Gasteiger partial charge in [0.15, 0.2) is 18.1 Å². The van der Waals surface area contributed by atoms with Crippen molar-refractivity contribution in [3.63, 3.8) is 0 Å². The van der Waals surface area contributed by atoms with Crippen molar-refractivity contribution in [2.75, 3.05) is 19.8 Å². The number of hydrogen-bond donors (Lipinski definition) is 1. The van der Waals surface area contributed by atoms with E-state index in [9.17, 15) is 4.79 Å². The van der Waals surface area contributed by atoms with Crippen LogP contribution in [0.1, 0.15) is 5.56 Å². The highest BCUT2D eigenvalue weighted by atomic mass is 35.5. The van der Waals surface area contributed by atoms with Gasteiger partial charge >= 0.3 is 0 Å². The first-order valence-corrected chi connectivity index (χ1v) is 8.10. The summed E-state index contributed by atoms with van der Waals surface area (Å²) in [6.07, 6.45) is 0. The molecule has 0 unspecified atom stereocenters. The second-order valence-electron chi connectivity index (χ2n) is 5.12. The lowest BCUT2D eigenvalue weighted by molar-refractivity contribution is -0.123. The van der Waals surface area contributed by atoms with Crippen LogP contribution in [0, 0.1) is 0 Å². The molecule has 24 heavy (non-hydrogen) atoms. The zero-order valence-corrected chi connectivity index (χ0v) is 14.2. The van der Waals surface area contributed by atoms with Crippen molar-refractivity contribution in [3.05, 3.63) is 52.0 Å². The predicted molar refractivity (Wildman–Crippen MR) is 91.2 cm³/mol. The molecule has 1 N–H and O–H groups in total. The van der Waals surface area contributed by atoms with E-state index in [2.05, 4.69) is 5.32 Å². The lowest BCUT2D eigenvalue weighted by atomic mass is 10.2. The molecule has 5 nitrogen and oxygen atoms in total. The van der Waals surface area contributed by atoms with E-state index >= 15 is 0 Å². The van der Waals surface area contributed by atoms with Crippen LogP contribution in [-0.2, 0) is 11.3 Å². The van der Waals surface area contributed by atoms with Crippen LogP contribution in [0.4, 0.5) is 0 Å². The van der Waals surface area contributed by atoms with Gasteiger partial charge in [-0.3, -0.25) is 4.79 Å². The van der Waals surface area contributed by atoms with Gasteiger partial charge in [0.05, 0.1) is 5.02 Å². The topological polar surface area (TPSA) is 56.8 Å². The van der Waals surface area contributed by atoms with Gasteiger partial charge in [-0.1, -0.05) is 29.3 Å². The predicted octanol–water partition coefficient (Wildman–Crippen LogP) is 3.46. The lowest BCUT2D eigenvalue weighted by Gasteiger charge is -2.19. The van der Waals surface area contributed by atoms with Crippen LogP contribution in [0.5, 0.6) is 17.2 Å². The number of carbonyl (C=O) groups excluding carboxylic acids is 1. The van der Waals surface area contributed by atoms with Crippen molar-refractivity contribution in [1.82, 2.24) is 5.32 Å². The van der Waals surface area contributed by atoms with Crippen LogP contribution in [0.15, 0.2) is 36.4 Å². The second kappa shape index (κ2) is 7.64. The summed E-state index contributed by atoms with van der Waals surface area (Å²) in [4.78, 5) is 11.9. The first-order chi connectivity index (χ1) is 11.6. The molecule has 0 saturated heterocycles. The number of benzene rings is 2. The summed E-state index contributed by atoms with van der Waals surface area (Å²) in [5.41, 5.74) is 0.914. The van der Waals surface area contributed by atoms with Gasteiger partial charge in [0.1, 0.15) is 19.0 Å². The molecule has 0 bridgehead atoms. The minimum atomic E-state index is -0.254. The average molecular weight is 368 g/mol. The highest BCUT2D eigenvalue weighted by molar-refractivity contribution is 6.35. The molecule has 0 aromatic heterocycles. The standard InChI is InChI=1S/C17H15Cl2NO4/c18-12-2-4-14(13(19)8-12)24-10-17(21)20-9-11-1-3-15-16(7-11)23-6-5-22-15/h1-4,7-8H,5-6,9-10H2,(H,20,21). The highest BCUT2D eigenvalue weighted by Crippen LogP contribution is 2.30. The zero-order chi connectivity index (χ0) is 16.9. The summed E-state index contributed by atoms with van der Waals surface area (Å²) < 4.78 is 16.4. The number of hydrogen-bond acceptors (Lipinski definition) is 4. The molecule has 3 rings (SSSR count). The van der Waals surface area contributed by atoms with E-state index in [4.69, 9.17) is 37.4 Å². The van der Waals surface area contributed by atoms with Crippen LogP contribution < -0.4 is 19.5 Å². The minimum Gasteiger partial charge on any atom is -0.486 e. The Morgan fingerprint density at radius 1 is 1.08 bits per heavy atom.